The maximum atomic E-state index is 14.6. The van der Waals surface area contributed by atoms with E-state index in [1.165, 1.54) is 35.6 Å². The largest absolute Gasteiger partial charge is 0.417 e. The predicted octanol–water partition coefficient (Wildman–Crippen LogP) is 6.27. The molecule has 36 heavy (non-hydrogen) atoms. The average molecular weight is 529 g/mol. The molecule has 0 radical (unpaired) electrons. The number of pyridine rings is 1. The van der Waals surface area contributed by atoms with E-state index in [9.17, 15) is 31.1 Å². The molecule has 12 heteroatoms. The summed E-state index contributed by atoms with van der Waals surface area (Å²) in [5, 5.41) is 3.41. The quantitative estimate of drug-likeness (QED) is 0.397. The van der Waals surface area contributed by atoms with Crippen molar-refractivity contribution < 1.29 is 31.1 Å². The number of carbonyl (C=O) groups excluding carboxylic acids is 1. The number of anilines is 1. The van der Waals surface area contributed by atoms with Gasteiger partial charge < -0.3 is 10.2 Å². The van der Waals surface area contributed by atoms with Crippen LogP contribution in [0.15, 0.2) is 42.6 Å². The van der Waals surface area contributed by atoms with Gasteiger partial charge in [0, 0.05) is 19.2 Å². The molecule has 0 bridgehead atoms. The highest BCUT2D eigenvalue weighted by Gasteiger charge is 2.46. The molecule has 1 N–H and O–H groups in total. The molecule has 0 aliphatic carbocycles. The van der Waals surface area contributed by atoms with E-state index < -0.39 is 54.3 Å². The van der Waals surface area contributed by atoms with Crippen LogP contribution in [0, 0.1) is 18.7 Å². The molecule has 192 valence electrons. The van der Waals surface area contributed by atoms with Gasteiger partial charge in [0.05, 0.1) is 28.0 Å². The van der Waals surface area contributed by atoms with E-state index in [0.29, 0.717) is 21.6 Å². The Hall–Kier alpha value is -3.15. The van der Waals surface area contributed by atoms with Crippen LogP contribution < -0.4 is 5.32 Å². The number of likely N-dealkylation sites (tertiary alicyclic amines) is 1. The minimum absolute atomic E-state index is 0.00362. The number of aromatic nitrogens is 2. The standard InChI is InChI=1S/C24H22F6N4OS/c1-13-9-23(26,27)12-34(18(13)11-32-19-8-5-16(10-31-19)24(28,29)30)22(35)20-21(36-14(2)33-20)15-3-6-17(25)7-4-15/h3-8,10,13,18H,9,11-12H2,1-2H3,(H,31,32)/t13-,18-/m1/s1. The highest BCUT2D eigenvalue weighted by molar-refractivity contribution is 7.15. The van der Waals surface area contributed by atoms with Crippen molar-refractivity contribution in [2.24, 2.45) is 5.92 Å². The molecule has 1 aromatic carbocycles. The number of aryl methyl sites for hydroxylation is 1. The number of benzene rings is 1. The van der Waals surface area contributed by atoms with Crippen molar-refractivity contribution in [3.05, 3.63) is 64.7 Å². The van der Waals surface area contributed by atoms with E-state index in [1.807, 2.05) is 0 Å². The summed E-state index contributed by atoms with van der Waals surface area (Å²) in [7, 11) is 0. The van der Waals surface area contributed by atoms with Crippen molar-refractivity contribution in [2.45, 2.75) is 38.4 Å². The molecule has 2 atom stereocenters. The maximum Gasteiger partial charge on any atom is 0.417 e. The first-order valence-electron chi connectivity index (χ1n) is 11.0. The highest BCUT2D eigenvalue weighted by Crippen LogP contribution is 2.38. The molecule has 4 rings (SSSR count). The van der Waals surface area contributed by atoms with Gasteiger partial charge in [-0.05, 0) is 42.7 Å². The van der Waals surface area contributed by atoms with Crippen LogP contribution in [-0.2, 0) is 6.18 Å². The van der Waals surface area contributed by atoms with Crippen LogP contribution in [0.4, 0.5) is 32.2 Å². The minimum atomic E-state index is -4.54. The number of carbonyl (C=O) groups is 1. The number of halogens is 6. The molecule has 1 aliphatic heterocycles. The van der Waals surface area contributed by atoms with Gasteiger partial charge in [0.15, 0.2) is 0 Å². The summed E-state index contributed by atoms with van der Waals surface area (Å²) in [4.78, 5) is 23.1. The minimum Gasteiger partial charge on any atom is -0.368 e. The zero-order chi connectivity index (χ0) is 26.3. The summed E-state index contributed by atoms with van der Waals surface area (Å²) in [6.45, 7) is 2.43. The Labute approximate surface area is 207 Å². The first-order chi connectivity index (χ1) is 16.8. The van der Waals surface area contributed by atoms with Crippen LogP contribution in [0.2, 0.25) is 0 Å². The van der Waals surface area contributed by atoms with Crippen LogP contribution in [0.5, 0.6) is 0 Å². The molecule has 0 unspecified atom stereocenters. The summed E-state index contributed by atoms with van der Waals surface area (Å²) in [6.07, 6.45) is -4.31. The van der Waals surface area contributed by atoms with Gasteiger partial charge in [-0.1, -0.05) is 19.1 Å². The molecule has 1 saturated heterocycles. The lowest BCUT2D eigenvalue weighted by atomic mass is 9.88. The summed E-state index contributed by atoms with van der Waals surface area (Å²) in [5.74, 6) is -4.79. The predicted molar refractivity (Wildman–Crippen MR) is 124 cm³/mol. The van der Waals surface area contributed by atoms with E-state index in [4.69, 9.17) is 0 Å². The molecule has 0 spiro atoms. The van der Waals surface area contributed by atoms with Crippen molar-refractivity contribution in [3.63, 3.8) is 0 Å². The number of thiazole rings is 1. The van der Waals surface area contributed by atoms with E-state index in [0.717, 1.165) is 17.0 Å². The first kappa shape index (κ1) is 25.9. The number of rotatable bonds is 5. The van der Waals surface area contributed by atoms with Gasteiger partial charge >= 0.3 is 6.18 Å². The molecule has 3 heterocycles. The number of alkyl halides is 5. The zero-order valence-electron chi connectivity index (χ0n) is 19.2. The third kappa shape index (κ3) is 5.63. The Bertz CT molecular complexity index is 1230. The number of hydrogen-bond donors (Lipinski definition) is 1. The third-order valence-corrected chi connectivity index (χ3v) is 6.99. The normalized spacial score (nSPS) is 19.8. The molecular formula is C24H22F6N4OS. The SMILES string of the molecule is Cc1nc(C(=O)N2CC(F)(F)C[C@@H](C)[C@H]2CNc2ccc(C(F)(F)F)cn2)c(-c2ccc(F)cc2)s1. The second-order valence-electron chi connectivity index (χ2n) is 8.77. The van der Waals surface area contributed by atoms with Gasteiger partial charge in [0.2, 0.25) is 0 Å². The summed E-state index contributed by atoms with van der Waals surface area (Å²) in [5.41, 5.74) is -0.389. The molecular weight excluding hydrogens is 506 g/mol. The smallest absolute Gasteiger partial charge is 0.368 e. The fourth-order valence-electron chi connectivity index (χ4n) is 4.26. The van der Waals surface area contributed by atoms with Crippen LogP contribution in [0.25, 0.3) is 10.4 Å². The molecule has 1 amide bonds. The van der Waals surface area contributed by atoms with Crippen molar-refractivity contribution in [2.75, 3.05) is 18.4 Å². The van der Waals surface area contributed by atoms with Crippen LogP contribution in [0.1, 0.15) is 34.4 Å². The third-order valence-electron chi connectivity index (χ3n) is 5.97. The van der Waals surface area contributed by atoms with Crippen LogP contribution >= 0.6 is 11.3 Å². The van der Waals surface area contributed by atoms with E-state index in [-0.39, 0.29) is 18.1 Å². The van der Waals surface area contributed by atoms with Crippen molar-refractivity contribution >= 4 is 23.1 Å². The zero-order valence-corrected chi connectivity index (χ0v) is 20.1. The maximum absolute atomic E-state index is 14.6. The molecule has 1 fully saturated rings. The Morgan fingerprint density at radius 1 is 1.19 bits per heavy atom. The van der Waals surface area contributed by atoms with Gasteiger partial charge in [-0.2, -0.15) is 13.2 Å². The number of piperidine rings is 1. The fraction of sp³-hybridized carbons (Fsp3) is 0.375. The number of nitrogens with one attached hydrogen (secondary N) is 1. The molecule has 1 aliphatic rings. The van der Waals surface area contributed by atoms with E-state index in [2.05, 4.69) is 15.3 Å². The van der Waals surface area contributed by atoms with Crippen LogP contribution in [0.3, 0.4) is 0 Å². The number of nitrogens with zero attached hydrogens (tertiary/aromatic N) is 3. The van der Waals surface area contributed by atoms with Gasteiger partial charge in [-0.15, -0.1) is 11.3 Å². The monoisotopic (exact) mass is 528 g/mol. The molecule has 5 nitrogen and oxygen atoms in total. The molecule has 2 aromatic heterocycles. The fourth-order valence-corrected chi connectivity index (χ4v) is 5.18. The summed E-state index contributed by atoms with van der Waals surface area (Å²) < 4.78 is 80.9. The van der Waals surface area contributed by atoms with Crippen LogP contribution in [-0.4, -0.2) is 45.8 Å². The van der Waals surface area contributed by atoms with E-state index in [1.54, 1.807) is 13.8 Å². The Kier molecular flexibility index (Phi) is 7.00. The number of hydrogen-bond acceptors (Lipinski definition) is 5. The van der Waals surface area contributed by atoms with E-state index >= 15 is 0 Å². The van der Waals surface area contributed by atoms with Crippen molar-refractivity contribution in [3.8, 4) is 10.4 Å². The summed E-state index contributed by atoms with van der Waals surface area (Å²) >= 11 is 1.19. The van der Waals surface area contributed by atoms with Gasteiger partial charge in [0.25, 0.3) is 11.8 Å². The molecule has 3 aromatic rings. The Morgan fingerprint density at radius 3 is 2.50 bits per heavy atom. The lowest BCUT2D eigenvalue weighted by molar-refractivity contribution is -0.137. The van der Waals surface area contributed by atoms with Gasteiger partial charge in [0.1, 0.15) is 17.3 Å². The lowest BCUT2D eigenvalue weighted by Gasteiger charge is -2.43. The van der Waals surface area contributed by atoms with Gasteiger partial charge in [-0.25, -0.2) is 23.1 Å². The number of amides is 1. The second kappa shape index (κ2) is 9.72. The Morgan fingerprint density at radius 2 is 1.89 bits per heavy atom. The second-order valence-corrected chi connectivity index (χ2v) is 9.97. The topological polar surface area (TPSA) is 58.1 Å². The van der Waals surface area contributed by atoms with Crippen molar-refractivity contribution in [1.29, 1.82) is 0 Å². The van der Waals surface area contributed by atoms with Gasteiger partial charge in [-0.3, -0.25) is 4.79 Å². The first-order valence-corrected chi connectivity index (χ1v) is 11.8. The summed E-state index contributed by atoms with van der Waals surface area (Å²) in [6, 6.07) is 6.75. The highest BCUT2D eigenvalue weighted by atomic mass is 32.1. The Balaban J connectivity index is 1.60. The average Bonchev–Trinajstić information content (AvgIpc) is 3.19. The molecule has 0 saturated carbocycles. The van der Waals surface area contributed by atoms with Crippen molar-refractivity contribution in [1.82, 2.24) is 14.9 Å². The lowest BCUT2D eigenvalue weighted by Crippen LogP contribution is -2.57.